The van der Waals surface area contributed by atoms with Gasteiger partial charge in [-0.25, -0.2) is 0 Å². The lowest BCUT2D eigenvalue weighted by molar-refractivity contribution is -0.118. The number of anilines is 1. The van der Waals surface area contributed by atoms with Gasteiger partial charge in [0.05, 0.1) is 21.8 Å². The third-order valence-electron chi connectivity index (χ3n) is 2.88. The van der Waals surface area contributed by atoms with E-state index in [9.17, 15) is 4.79 Å². The van der Waals surface area contributed by atoms with Gasteiger partial charge in [0.15, 0.2) is 0 Å². The molecule has 2 rings (SSSR count). The van der Waals surface area contributed by atoms with Gasteiger partial charge < -0.3 is 10.2 Å². The number of amides is 1. The maximum absolute atomic E-state index is 12.1. The van der Waals surface area contributed by atoms with Gasteiger partial charge in [-0.1, -0.05) is 36.2 Å². The molecule has 92 valence electrons. The number of nitrogens with zero attached hydrogens (tertiary/aromatic N) is 1. The molecule has 0 spiro atoms. The van der Waals surface area contributed by atoms with E-state index in [-0.39, 0.29) is 11.9 Å². The number of benzene rings is 1. The van der Waals surface area contributed by atoms with Crippen LogP contribution in [0, 0.1) is 0 Å². The zero-order valence-corrected chi connectivity index (χ0v) is 11.1. The second-order valence-corrected chi connectivity index (χ2v) is 4.75. The minimum absolute atomic E-state index is 0.0658. The molecule has 1 N–H and O–H groups in total. The molecule has 1 aliphatic heterocycles. The van der Waals surface area contributed by atoms with Crippen molar-refractivity contribution in [1.82, 2.24) is 5.32 Å². The number of halogens is 2. The molecular weight excluding hydrogens is 259 g/mol. The Kier molecular flexibility index (Phi) is 3.92. The molecule has 1 aliphatic rings. The van der Waals surface area contributed by atoms with E-state index in [1.54, 1.807) is 17.0 Å². The average molecular weight is 273 g/mol. The largest absolute Gasteiger partial charge is 0.309 e. The first kappa shape index (κ1) is 12.7. The molecule has 1 amide bonds. The summed E-state index contributed by atoms with van der Waals surface area (Å²) in [5.74, 6) is 0.0658. The first-order chi connectivity index (χ1) is 8.15. The highest BCUT2D eigenvalue weighted by Crippen LogP contribution is 2.34. The minimum atomic E-state index is -0.102. The van der Waals surface area contributed by atoms with E-state index < -0.39 is 0 Å². The predicted molar refractivity (Wildman–Crippen MR) is 70.9 cm³/mol. The molecule has 0 radical (unpaired) electrons. The van der Waals surface area contributed by atoms with Crippen LogP contribution in [-0.2, 0) is 4.79 Å². The van der Waals surface area contributed by atoms with Gasteiger partial charge in [0.1, 0.15) is 0 Å². The van der Waals surface area contributed by atoms with Crippen molar-refractivity contribution < 1.29 is 4.79 Å². The second kappa shape index (κ2) is 5.25. The SMILES string of the molecule is CCNC1CCN(c2cccc(Cl)c2Cl)C1=O. The number of carbonyl (C=O) groups excluding carboxylic acids is 1. The molecule has 5 heteroatoms. The van der Waals surface area contributed by atoms with Crippen LogP contribution in [0.1, 0.15) is 13.3 Å². The highest BCUT2D eigenvalue weighted by atomic mass is 35.5. The van der Waals surface area contributed by atoms with Gasteiger partial charge in [-0.05, 0) is 25.1 Å². The Morgan fingerprint density at radius 1 is 1.47 bits per heavy atom. The summed E-state index contributed by atoms with van der Waals surface area (Å²) in [5, 5.41) is 4.08. The third-order valence-corrected chi connectivity index (χ3v) is 3.69. The van der Waals surface area contributed by atoms with Gasteiger partial charge in [-0.2, -0.15) is 0 Å². The van der Waals surface area contributed by atoms with Gasteiger partial charge in [0.2, 0.25) is 5.91 Å². The Hall–Kier alpha value is -0.770. The number of hydrogen-bond acceptors (Lipinski definition) is 2. The van der Waals surface area contributed by atoms with Crippen molar-refractivity contribution in [2.75, 3.05) is 18.0 Å². The van der Waals surface area contributed by atoms with Crippen LogP contribution in [0.5, 0.6) is 0 Å². The zero-order valence-electron chi connectivity index (χ0n) is 9.54. The Morgan fingerprint density at radius 2 is 2.24 bits per heavy atom. The molecule has 1 fully saturated rings. The molecule has 1 aromatic carbocycles. The van der Waals surface area contributed by atoms with E-state index in [2.05, 4.69) is 5.32 Å². The van der Waals surface area contributed by atoms with Gasteiger partial charge in [0.25, 0.3) is 0 Å². The highest BCUT2D eigenvalue weighted by molar-refractivity contribution is 6.44. The average Bonchev–Trinajstić information content (AvgIpc) is 2.66. The fourth-order valence-electron chi connectivity index (χ4n) is 2.06. The minimum Gasteiger partial charge on any atom is -0.309 e. The standard InChI is InChI=1S/C12H14Cl2N2O/c1-2-15-9-6-7-16(12(9)17)10-5-3-4-8(13)11(10)14/h3-5,9,15H,2,6-7H2,1H3. The van der Waals surface area contributed by atoms with Crippen LogP contribution in [0.3, 0.4) is 0 Å². The Balaban J connectivity index is 2.24. The van der Waals surface area contributed by atoms with Crippen molar-refractivity contribution in [2.45, 2.75) is 19.4 Å². The molecule has 1 saturated heterocycles. The van der Waals surface area contributed by atoms with E-state index in [1.165, 1.54) is 0 Å². The summed E-state index contributed by atoms with van der Waals surface area (Å²) in [6, 6.07) is 5.24. The molecule has 0 saturated carbocycles. The summed E-state index contributed by atoms with van der Waals surface area (Å²) >= 11 is 12.1. The molecule has 1 unspecified atom stereocenters. The van der Waals surface area contributed by atoms with Gasteiger partial charge in [0, 0.05) is 6.54 Å². The van der Waals surface area contributed by atoms with Crippen molar-refractivity contribution in [3.05, 3.63) is 28.2 Å². The fraction of sp³-hybridized carbons (Fsp3) is 0.417. The maximum atomic E-state index is 12.1. The van der Waals surface area contributed by atoms with E-state index in [0.717, 1.165) is 13.0 Å². The number of rotatable bonds is 3. The highest BCUT2D eigenvalue weighted by Gasteiger charge is 2.32. The van der Waals surface area contributed by atoms with E-state index >= 15 is 0 Å². The summed E-state index contributed by atoms with van der Waals surface area (Å²) in [7, 11) is 0. The molecule has 1 atom stereocenters. The quantitative estimate of drug-likeness (QED) is 0.918. The van der Waals surface area contributed by atoms with E-state index in [1.807, 2.05) is 13.0 Å². The van der Waals surface area contributed by atoms with E-state index in [4.69, 9.17) is 23.2 Å². The summed E-state index contributed by atoms with van der Waals surface area (Å²) in [4.78, 5) is 13.8. The number of hydrogen-bond donors (Lipinski definition) is 1. The molecule has 17 heavy (non-hydrogen) atoms. The van der Waals surface area contributed by atoms with Crippen LogP contribution in [0.15, 0.2) is 18.2 Å². The van der Waals surface area contributed by atoms with Crippen LogP contribution >= 0.6 is 23.2 Å². The summed E-state index contributed by atoms with van der Waals surface area (Å²) < 4.78 is 0. The van der Waals surface area contributed by atoms with Crippen LogP contribution in [0.2, 0.25) is 10.0 Å². The normalized spacial score (nSPS) is 20.1. The number of carbonyl (C=O) groups is 1. The van der Waals surface area contributed by atoms with Crippen molar-refractivity contribution in [2.24, 2.45) is 0 Å². The Bertz CT molecular complexity index is 437. The summed E-state index contributed by atoms with van der Waals surface area (Å²) in [6.07, 6.45) is 0.801. The first-order valence-electron chi connectivity index (χ1n) is 5.64. The summed E-state index contributed by atoms with van der Waals surface area (Å²) in [6.45, 7) is 3.45. The van der Waals surface area contributed by atoms with Gasteiger partial charge >= 0.3 is 0 Å². The lowest BCUT2D eigenvalue weighted by atomic mass is 10.2. The van der Waals surface area contributed by atoms with Gasteiger partial charge in [-0.15, -0.1) is 0 Å². The molecular formula is C12H14Cl2N2O. The molecule has 0 bridgehead atoms. The van der Waals surface area contributed by atoms with Crippen molar-refractivity contribution in [3.63, 3.8) is 0 Å². The molecule has 1 heterocycles. The second-order valence-electron chi connectivity index (χ2n) is 3.96. The molecule has 1 aromatic rings. The van der Waals surface area contributed by atoms with Crippen LogP contribution < -0.4 is 10.2 Å². The number of likely N-dealkylation sites (N-methyl/N-ethyl adjacent to an activating group) is 1. The van der Waals surface area contributed by atoms with Crippen LogP contribution in [0.25, 0.3) is 0 Å². The molecule has 3 nitrogen and oxygen atoms in total. The van der Waals surface area contributed by atoms with E-state index in [0.29, 0.717) is 22.3 Å². The smallest absolute Gasteiger partial charge is 0.244 e. The lowest BCUT2D eigenvalue weighted by Gasteiger charge is -2.18. The van der Waals surface area contributed by atoms with Crippen molar-refractivity contribution >= 4 is 34.8 Å². The zero-order chi connectivity index (χ0) is 12.4. The lowest BCUT2D eigenvalue weighted by Crippen LogP contribution is -2.38. The van der Waals surface area contributed by atoms with Crippen LogP contribution in [0.4, 0.5) is 5.69 Å². The van der Waals surface area contributed by atoms with Crippen molar-refractivity contribution in [3.8, 4) is 0 Å². The summed E-state index contributed by atoms with van der Waals surface area (Å²) in [5.41, 5.74) is 0.699. The third kappa shape index (κ3) is 2.41. The van der Waals surface area contributed by atoms with Crippen molar-refractivity contribution in [1.29, 1.82) is 0 Å². The first-order valence-corrected chi connectivity index (χ1v) is 6.39. The molecule has 0 aromatic heterocycles. The molecule has 0 aliphatic carbocycles. The van der Waals surface area contributed by atoms with Crippen LogP contribution in [-0.4, -0.2) is 25.0 Å². The number of nitrogens with one attached hydrogen (secondary N) is 1. The predicted octanol–water partition coefficient (Wildman–Crippen LogP) is 2.71. The fourth-order valence-corrected chi connectivity index (χ4v) is 2.45. The topological polar surface area (TPSA) is 32.3 Å². The Morgan fingerprint density at radius 3 is 2.94 bits per heavy atom. The maximum Gasteiger partial charge on any atom is 0.244 e. The Labute approximate surface area is 111 Å². The monoisotopic (exact) mass is 272 g/mol. The van der Waals surface area contributed by atoms with Gasteiger partial charge in [-0.3, -0.25) is 4.79 Å².